The van der Waals surface area contributed by atoms with Gasteiger partial charge in [-0.3, -0.25) is 9.59 Å². The van der Waals surface area contributed by atoms with Crippen LogP contribution < -0.4 is 5.32 Å². The average Bonchev–Trinajstić information content (AvgIpc) is 2.81. The largest absolute Gasteiger partial charge is 0.350 e. The van der Waals surface area contributed by atoms with Crippen molar-refractivity contribution in [2.24, 2.45) is 0 Å². The lowest BCUT2D eigenvalue weighted by atomic mass is 10.0. The van der Waals surface area contributed by atoms with Crippen LogP contribution in [-0.4, -0.2) is 29.3 Å². The molecule has 1 fully saturated rings. The monoisotopic (exact) mass is 274 g/mol. The number of carbonyl (C=O) groups is 2. The van der Waals surface area contributed by atoms with Crippen LogP contribution in [0.15, 0.2) is 18.2 Å². The highest BCUT2D eigenvalue weighted by molar-refractivity contribution is 5.90. The summed E-state index contributed by atoms with van der Waals surface area (Å²) in [6.45, 7) is 7.16. The van der Waals surface area contributed by atoms with Crippen LogP contribution in [0, 0.1) is 13.8 Å². The Kier molecular flexibility index (Phi) is 4.42. The zero-order chi connectivity index (χ0) is 14.7. The highest BCUT2D eigenvalue weighted by atomic mass is 16.2. The molecule has 0 aliphatic carbocycles. The molecule has 1 aromatic carbocycles. The Hall–Kier alpha value is -1.84. The molecule has 4 heteroatoms. The van der Waals surface area contributed by atoms with Crippen molar-refractivity contribution in [3.63, 3.8) is 0 Å². The van der Waals surface area contributed by atoms with Crippen LogP contribution in [0.5, 0.6) is 0 Å². The van der Waals surface area contributed by atoms with Crippen molar-refractivity contribution in [1.82, 2.24) is 10.2 Å². The van der Waals surface area contributed by atoms with Gasteiger partial charge in [0.2, 0.25) is 11.8 Å². The van der Waals surface area contributed by atoms with E-state index in [4.69, 9.17) is 0 Å². The molecule has 108 valence electrons. The molecule has 1 heterocycles. The van der Waals surface area contributed by atoms with E-state index in [2.05, 4.69) is 25.2 Å². The predicted octanol–water partition coefficient (Wildman–Crippen LogP) is 1.93. The van der Waals surface area contributed by atoms with Crippen LogP contribution in [-0.2, 0) is 16.1 Å². The minimum Gasteiger partial charge on any atom is -0.350 e. The lowest BCUT2D eigenvalue weighted by Crippen LogP contribution is -2.44. The third-order valence-electron chi connectivity index (χ3n) is 4.14. The lowest BCUT2D eigenvalue weighted by molar-refractivity contribution is -0.135. The first kappa shape index (κ1) is 14.6. The molecule has 20 heavy (non-hydrogen) atoms. The Bertz CT molecular complexity index is 525. The highest BCUT2D eigenvalue weighted by Crippen LogP contribution is 2.19. The van der Waals surface area contributed by atoms with Gasteiger partial charge in [-0.2, -0.15) is 0 Å². The molecule has 2 rings (SSSR count). The van der Waals surface area contributed by atoms with E-state index in [1.54, 1.807) is 4.90 Å². The Morgan fingerprint density at radius 1 is 1.40 bits per heavy atom. The first-order valence-electron chi connectivity index (χ1n) is 7.16. The number of carbonyl (C=O) groups excluding carboxylic acids is 2. The Morgan fingerprint density at radius 3 is 2.85 bits per heavy atom. The van der Waals surface area contributed by atoms with Crippen LogP contribution >= 0.6 is 0 Å². The van der Waals surface area contributed by atoms with Gasteiger partial charge in [0.15, 0.2) is 0 Å². The molecule has 2 amide bonds. The fourth-order valence-corrected chi connectivity index (χ4v) is 2.71. The second-order valence-corrected chi connectivity index (χ2v) is 5.31. The standard InChI is InChI=1S/C16H22N2O2/c1-4-18-14(8-9-15(18)19)16(20)17-10-13-7-5-6-11(2)12(13)3/h5-7,14H,4,8-10H2,1-3H3,(H,17,20). The van der Waals surface area contributed by atoms with Gasteiger partial charge in [-0.25, -0.2) is 0 Å². The number of nitrogens with zero attached hydrogens (tertiary/aromatic N) is 1. The number of amides is 2. The van der Waals surface area contributed by atoms with E-state index in [-0.39, 0.29) is 17.9 Å². The smallest absolute Gasteiger partial charge is 0.243 e. The molecule has 1 aromatic rings. The van der Waals surface area contributed by atoms with Crippen LogP contribution in [0.1, 0.15) is 36.5 Å². The summed E-state index contributed by atoms with van der Waals surface area (Å²) in [6.07, 6.45) is 1.11. The summed E-state index contributed by atoms with van der Waals surface area (Å²) in [4.78, 5) is 25.5. The Labute approximate surface area is 120 Å². The molecule has 0 bridgehead atoms. The molecule has 4 nitrogen and oxygen atoms in total. The average molecular weight is 274 g/mol. The molecular weight excluding hydrogens is 252 g/mol. The molecule has 1 unspecified atom stereocenters. The van der Waals surface area contributed by atoms with Gasteiger partial charge in [0.25, 0.3) is 0 Å². The molecule has 0 spiro atoms. The van der Waals surface area contributed by atoms with Crippen molar-refractivity contribution in [1.29, 1.82) is 0 Å². The first-order chi connectivity index (χ1) is 9.54. The van der Waals surface area contributed by atoms with Crippen LogP contribution in [0.25, 0.3) is 0 Å². The molecule has 1 saturated heterocycles. The van der Waals surface area contributed by atoms with Crippen molar-refractivity contribution in [3.05, 3.63) is 34.9 Å². The predicted molar refractivity (Wildman–Crippen MR) is 78.2 cm³/mol. The SMILES string of the molecule is CCN1C(=O)CCC1C(=O)NCc1cccc(C)c1C. The molecule has 1 N–H and O–H groups in total. The van der Waals surface area contributed by atoms with Gasteiger partial charge in [0.1, 0.15) is 6.04 Å². The molecule has 1 atom stereocenters. The van der Waals surface area contributed by atoms with Gasteiger partial charge < -0.3 is 10.2 Å². The van der Waals surface area contributed by atoms with Crippen molar-refractivity contribution < 1.29 is 9.59 Å². The maximum absolute atomic E-state index is 12.2. The number of likely N-dealkylation sites (N-methyl/N-ethyl adjacent to an activating group) is 1. The van der Waals surface area contributed by atoms with Gasteiger partial charge in [-0.1, -0.05) is 18.2 Å². The minimum atomic E-state index is -0.294. The van der Waals surface area contributed by atoms with Gasteiger partial charge in [-0.15, -0.1) is 0 Å². The Balaban J connectivity index is 1.99. The second-order valence-electron chi connectivity index (χ2n) is 5.31. The number of aryl methyl sites for hydroxylation is 1. The van der Waals surface area contributed by atoms with Gasteiger partial charge in [-0.05, 0) is 43.9 Å². The van der Waals surface area contributed by atoms with E-state index in [1.807, 2.05) is 19.1 Å². The topological polar surface area (TPSA) is 49.4 Å². The highest BCUT2D eigenvalue weighted by Gasteiger charge is 2.34. The summed E-state index contributed by atoms with van der Waals surface area (Å²) in [5.74, 6) is 0.0398. The molecule has 0 radical (unpaired) electrons. The van der Waals surface area contributed by atoms with E-state index < -0.39 is 0 Å². The molecular formula is C16H22N2O2. The van der Waals surface area contributed by atoms with Gasteiger partial charge in [0, 0.05) is 19.5 Å². The van der Waals surface area contributed by atoms with E-state index in [1.165, 1.54) is 11.1 Å². The second kappa shape index (κ2) is 6.07. The number of hydrogen-bond donors (Lipinski definition) is 1. The quantitative estimate of drug-likeness (QED) is 0.912. The zero-order valence-corrected chi connectivity index (χ0v) is 12.4. The van der Waals surface area contributed by atoms with Gasteiger partial charge in [0.05, 0.1) is 0 Å². The minimum absolute atomic E-state index is 0.0430. The van der Waals surface area contributed by atoms with E-state index in [0.29, 0.717) is 25.9 Å². The fraction of sp³-hybridized carbons (Fsp3) is 0.500. The third kappa shape index (κ3) is 2.84. The number of rotatable bonds is 4. The third-order valence-corrected chi connectivity index (χ3v) is 4.14. The van der Waals surface area contributed by atoms with E-state index >= 15 is 0 Å². The molecule has 0 saturated carbocycles. The van der Waals surface area contributed by atoms with Gasteiger partial charge >= 0.3 is 0 Å². The summed E-state index contributed by atoms with van der Waals surface area (Å²) in [5, 5.41) is 2.96. The summed E-state index contributed by atoms with van der Waals surface area (Å²) >= 11 is 0. The van der Waals surface area contributed by atoms with Crippen molar-refractivity contribution in [3.8, 4) is 0 Å². The number of nitrogens with one attached hydrogen (secondary N) is 1. The van der Waals surface area contributed by atoms with Crippen LogP contribution in [0.2, 0.25) is 0 Å². The number of benzene rings is 1. The zero-order valence-electron chi connectivity index (χ0n) is 12.4. The van der Waals surface area contributed by atoms with E-state index in [9.17, 15) is 9.59 Å². The summed E-state index contributed by atoms with van der Waals surface area (Å²) < 4.78 is 0. The molecule has 1 aliphatic heterocycles. The summed E-state index contributed by atoms with van der Waals surface area (Å²) in [7, 11) is 0. The fourth-order valence-electron chi connectivity index (χ4n) is 2.71. The first-order valence-corrected chi connectivity index (χ1v) is 7.16. The normalized spacial score (nSPS) is 18.4. The van der Waals surface area contributed by atoms with Crippen molar-refractivity contribution in [2.45, 2.75) is 46.2 Å². The summed E-state index contributed by atoms with van der Waals surface area (Å²) in [5.41, 5.74) is 3.57. The number of likely N-dealkylation sites (tertiary alicyclic amines) is 1. The van der Waals surface area contributed by atoms with Crippen LogP contribution in [0.4, 0.5) is 0 Å². The molecule has 0 aromatic heterocycles. The Morgan fingerprint density at radius 2 is 2.15 bits per heavy atom. The molecule has 1 aliphatic rings. The summed E-state index contributed by atoms with van der Waals surface area (Å²) in [6, 6.07) is 5.80. The lowest BCUT2D eigenvalue weighted by Gasteiger charge is -2.22. The number of hydrogen-bond acceptors (Lipinski definition) is 2. The van der Waals surface area contributed by atoms with E-state index in [0.717, 1.165) is 5.56 Å². The maximum Gasteiger partial charge on any atom is 0.243 e. The van der Waals surface area contributed by atoms with Crippen molar-refractivity contribution in [2.75, 3.05) is 6.54 Å². The van der Waals surface area contributed by atoms with Crippen LogP contribution in [0.3, 0.4) is 0 Å². The maximum atomic E-state index is 12.2. The van der Waals surface area contributed by atoms with Crippen molar-refractivity contribution >= 4 is 11.8 Å².